The maximum absolute atomic E-state index is 12.0. The lowest BCUT2D eigenvalue weighted by atomic mass is 10.1. The zero-order valence-electron chi connectivity index (χ0n) is 19.2. The van der Waals surface area contributed by atoms with Crippen LogP contribution in [0.25, 0.3) is 10.9 Å². The molecule has 2 heterocycles. The summed E-state index contributed by atoms with van der Waals surface area (Å²) >= 11 is 0. The van der Waals surface area contributed by atoms with E-state index in [2.05, 4.69) is 63.8 Å². The Morgan fingerprint density at radius 1 is 1.32 bits per heavy atom. The average Bonchev–Trinajstić information content (AvgIpc) is 3.36. The lowest BCUT2D eigenvalue weighted by molar-refractivity contribution is -0.127. The van der Waals surface area contributed by atoms with Crippen molar-refractivity contribution in [1.82, 2.24) is 25.4 Å². The molecule has 0 spiro atoms. The molecule has 1 aromatic carbocycles. The number of carbonyl (C=O) groups is 1. The van der Waals surface area contributed by atoms with Crippen LogP contribution in [-0.2, 0) is 11.2 Å². The zero-order valence-corrected chi connectivity index (χ0v) is 21.5. The highest BCUT2D eigenvalue weighted by Crippen LogP contribution is 2.21. The molecule has 1 aliphatic rings. The molecular formula is C23H37IN6O. The first-order chi connectivity index (χ1) is 14.5. The number of nitrogens with zero attached hydrogens (tertiary/aromatic N) is 3. The summed E-state index contributed by atoms with van der Waals surface area (Å²) in [5.41, 5.74) is 3.75. The Labute approximate surface area is 203 Å². The largest absolute Gasteiger partial charge is 0.361 e. The fourth-order valence-corrected chi connectivity index (χ4v) is 4.11. The van der Waals surface area contributed by atoms with Gasteiger partial charge in [0.2, 0.25) is 5.91 Å². The number of carbonyl (C=O) groups excluding carboxylic acids is 1. The predicted molar refractivity (Wildman–Crippen MR) is 139 cm³/mol. The van der Waals surface area contributed by atoms with Crippen molar-refractivity contribution in [3.8, 4) is 0 Å². The molecule has 0 bridgehead atoms. The maximum atomic E-state index is 12.0. The monoisotopic (exact) mass is 540 g/mol. The number of aromatic amines is 1. The Kier molecular flexibility index (Phi) is 10.1. The number of halogens is 1. The van der Waals surface area contributed by atoms with Crippen molar-refractivity contribution in [3.05, 3.63) is 35.5 Å². The van der Waals surface area contributed by atoms with Crippen molar-refractivity contribution in [2.75, 3.05) is 46.8 Å². The summed E-state index contributed by atoms with van der Waals surface area (Å²) in [6.45, 7) is 8.33. The van der Waals surface area contributed by atoms with Gasteiger partial charge in [-0.05, 0) is 50.4 Å². The summed E-state index contributed by atoms with van der Waals surface area (Å²) in [6.07, 6.45) is 5.44. The van der Waals surface area contributed by atoms with Gasteiger partial charge in [0, 0.05) is 50.3 Å². The fraction of sp³-hybridized carbons (Fsp3) is 0.565. The van der Waals surface area contributed by atoms with Crippen molar-refractivity contribution in [3.63, 3.8) is 0 Å². The first-order valence-corrected chi connectivity index (χ1v) is 11.0. The number of para-hydroxylation sites is 1. The minimum atomic E-state index is -0.000690. The number of H-pyrrole nitrogens is 1. The molecule has 2 aromatic rings. The Morgan fingerprint density at radius 2 is 2.13 bits per heavy atom. The second kappa shape index (κ2) is 12.3. The van der Waals surface area contributed by atoms with Gasteiger partial charge in [0.15, 0.2) is 5.96 Å². The van der Waals surface area contributed by atoms with Gasteiger partial charge in [-0.3, -0.25) is 9.69 Å². The van der Waals surface area contributed by atoms with E-state index in [0.717, 1.165) is 26.1 Å². The Hall–Kier alpha value is -1.81. The van der Waals surface area contributed by atoms with E-state index < -0.39 is 0 Å². The average molecular weight is 540 g/mol. The number of hydrogen-bond acceptors (Lipinski definition) is 3. The highest BCUT2D eigenvalue weighted by molar-refractivity contribution is 14.0. The summed E-state index contributed by atoms with van der Waals surface area (Å²) in [5.74, 6) is 0.712. The number of nitrogens with one attached hydrogen (secondary N) is 3. The fourth-order valence-electron chi connectivity index (χ4n) is 4.11. The van der Waals surface area contributed by atoms with E-state index >= 15 is 0 Å². The minimum Gasteiger partial charge on any atom is -0.361 e. The number of likely N-dealkylation sites (N-methyl/N-ethyl adjacent to an activating group) is 2. The Bertz CT molecular complexity index is 878. The van der Waals surface area contributed by atoms with Gasteiger partial charge >= 0.3 is 0 Å². The van der Waals surface area contributed by atoms with Crippen LogP contribution in [0.5, 0.6) is 0 Å². The van der Waals surface area contributed by atoms with E-state index in [0.29, 0.717) is 12.0 Å². The number of aromatic nitrogens is 1. The number of guanidine groups is 1. The molecule has 1 unspecified atom stereocenters. The summed E-state index contributed by atoms with van der Waals surface area (Å²) in [4.78, 5) is 24.0. The molecule has 0 saturated carbocycles. The molecule has 172 valence electrons. The third-order valence-corrected chi connectivity index (χ3v) is 5.98. The van der Waals surface area contributed by atoms with Crippen LogP contribution < -0.4 is 10.6 Å². The third kappa shape index (κ3) is 6.83. The molecule has 3 rings (SSSR count). The number of rotatable bonds is 8. The van der Waals surface area contributed by atoms with Crippen LogP contribution in [-0.4, -0.2) is 79.5 Å². The van der Waals surface area contributed by atoms with Crippen molar-refractivity contribution in [2.45, 2.75) is 39.2 Å². The number of benzene rings is 1. The second-order valence-corrected chi connectivity index (χ2v) is 8.25. The SMILES string of the molecule is CCN1CCCC1CNC(=NCC(=O)N(C)C)NCCc1c[nH]c2c(C)cccc12.I. The summed E-state index contributed by atoms with van der Waals surface area (Å²) < 4.78 is 0. The topological polar surface area (TPSA) is 75.8 Å². The number of fused-ring (bicyclic) bond motifs is 1. The predicted octanol–water partition coefficient (Wildman–Crippen LogP) is 2.74. The molecule has 0 radical (unpaired) electrons. The molecule has 7 nitrogen and oxygen atoms in total. The van der Waals surface area contributed by atoms with Crippen molar-refractivity contribution in [2.24, 2.45) is 4.99 Å². The number of amides is 1. The van der Waals surface area contributed by atoms with Crippen LogP contribution in [0.3, 0.4) is 0 Å². The van der Waals surface area contributed by atoms with E-state index in [1.165, 1.54) is 41.4 Å². The molecule has 31 heavy (non-hydrogen) atoms. The molecule has 1 aliphatic heterocycles. The molecule has 1 saturated heterocycles. The first-order valence-electron chi connectivity index (χ1n) is 11.0. The van der Waals surface area contributed by atoms with Crippen LogP contribution in [0.15, 0.2) is 29.4 Å². The quantitative estimate of drug-likeness (QED) is 0.274. The first kappa shape index (κ1) is 25.5. The normalized spacial score (nSPS) is 16.9. The molecule has 1 atom stereocenters. The van der Waals surface area contributed by atoms with E-state index in [1.807, 2.05) is 0 Å². The van der Waals surface area contributed by atoms with E-state index in [4.69, 9.17) is 0 Å². The molecule has 8 heteroatoms. The van der Waals surface area contributed by atoms with Gasteiger partial charge < -0.3 is 20.5 Å². The molecule has 3 N–H and O–H groups in total. The van der Waals surface area contributed by atoms with Gasteiger partial charge in [-0.1, -0.05) is 25.1 Å². The second-order valence-electron chi connectivity index (χ2n) is 8.25. The molecule has 1 aromatic heterocycles. The van der Waals surface area contributed by atoms with E-state index in [9.17, 15) is 4.79 Å². The van der Waals surface area contributed by atoms with Gasteiger partial charge in [-0.2, -0.15) is 0 Å². The molecular weight excluding hydrogens is 503 g/mol. The number of likely N-dealkylation sites (tertiary alicyclic amines) is 1. The third-order valence-electron chi connectivity index (χ3n) is 5.98. The summed E-state index contributed by atoms with van der Waals surface area (Å²) in [7, 11) is 3.52. The molecule has 1 amide bonds. The summed E-state index contributed by atoms with van der Waals surface area (Å²) in [5, 5.41) is 8.16. The van der Waals surface area contributed by atoms with Gasteiger partial charge in [0.1, 0.15) is 6.54 Å². The standard InChI is InChI=1S/C23H36N6O.HI/c1-5-29-13-7-9-19(29)15-26-23(27-16-21(30)28(3)4)24-12-11-18-14-25-22-17(2)8-6-10-20(18)22;/h6,8,10,14,19,25H,5,7,9,11-13,15-16H2,1-4H3,(H2,24,26,27);1H. The van der Waals surface area contributed by atoms with Crippen molar-refractivity contribution >= 4 is 46.7 Å². The van der Waals surface area contributed by atoms with Crippen LogP contribution >= 0.6 is 24.0 Å². The number of aryl methyl sites for hydroxylation is 1. The van der Waals surface area contributed by atoms with Gasteiger partial charge in [-0.15, -0.1) is 24.0 Å². The van der Waals surface area contributed by atoms with Crippen molar-refractivity contribution in [1.29, 1.82) is 0 Å². The van der Waals surface area contributed by atoms with Crippen LogP contribution in [0.1, 0.15) is 30.9 Å². The number of hydrogen-bond donors (Lipinski definition) is 3. The minimum absolute atomic E-state index is 0. The van der Waals surface area contributed by atoms with E-state index in [1.54, 1.807) is 19.0 Å². The lowest BCUT2D eigenvalue weighted by Gasteiger charge is -2.24. The zero-order chi connectivity index (χ0) is 21.5. The Balaban J connectivity index is 0.00000341. The molecule has 0 aliphatic carbocycles. The highest BCUT2D eigenvalue weighted by atomic mass is 127. The molecule has 1 fully saturated rings. The van der Waals surface area contributed by atoms with Crippen LogP contribution in [0, 0.1) is 6.92 Å². The summed E-state index contributed by atoms with van der Waals surface area (Å²) in [6, 6.07) is 6.92. The number of aliphatic imine (C=N–C) groups is 1. The maximum Gasteiger partial charge on any atom is 0.243 e. The van der Waals surface area contributed by atoms with Gasteiger partial charge in [-0.25, -0.2) is 4.99 Å². The Morgan fingerprint density at radius 3 is 2.87 bits per heavy atom. The lowest BCUT2D eigenvalue weighted by Crippen LogP contribution is -2.45. The van der Waals surface area contributed by atoms with Crippen LogP contribution in [0.2, 0.25) is 0 Å². The van der Waals surface area contributed by atoms with E-state index in [-0.39, 0.29) is 36.4 Å². The van der Waals surface area contributed by atoms with Gasteiger partial charge in [0.25, 0.3) is 0 Å². The highest BCUT2D eigenvalue weighted by Gasteiger charge is 2.22. The van der Waals surface area contributed by atoms with Crippen LogP contribution in [0.4, 0.5) is 0 Å². The van der Waals surface area contributed by atoms with Crippen molar-refractivity contribution < 1.29 is 4.79 Å². The smallest absolute Gasteiger partial charge is 0.243 e. The van der Waals surface area contributed by atoms with Gasteiger partial charge in [0.05, 0.1) is 0 Å².